The van der Waals surface area contributed by atoms with Gasteiger partial charge < -0.3 is 16.4 Å². The largest absolute Gasteiger partial charge is 0.396 e. The number of nitrogens with two attached hydrogens (primary N) is 1. The zero-order valence-corrected chi connectivity index (χ0v) is 12.4. The Labute approximate surface area is 121 Å². The number of hydrogen-bond acceptors (Lipinski definition) is 3. The molecule has 0 fully saturated rings. The summed E-state index contributed by atoms with van der Waals surface area (Å²) in [6.07, 6.45) is 0. The number of amides is 2. The summed E-state index contributed by atoms with van der Waals surface area (Å²) in [5.74, 6) is -3.18. The van der Waals surface area contributed by atoms with Crippen LogP contribution in [0.15, 0.2) is 12.1 Å². The highest BCUT2D eigenvalue weighted by atomic mass is 19.1. The summed E-state index contributed by atoms with van der Waals surface area (Å²) >= 11 is 0. The molecule has 5 nitrogen and oxygen atoms in total. The van der Waals surface area contributed by atoms with E-state index in [2.05, 4.69) is 10.6 Å². The minimum absolute atomic E-state index is 0.430. The zero-order valence-electron chi connectivity index (χ0n) is 12.4. The monoisotopic (exact) mass is 299 g/mol. The molecular weight excluding hydrogens is 280 g/mol. The van der Waals surface area contributed by atoms with E-state index in [1.54, 1.807) is 20.8 Å². The average Bonchev–Trinajstić information content (AvgIpc) is 2.31. The SMILES string of the molecule is CC(NC(=O)c1cc(F)cc(N)c1F)C(=O)NC(C)(C)C. The molecule has 0 bridgehead atoms. The second-order valence-corrected chi connectivity index (χ2v) is 5.79. The molecule has 0 saturated heterocycles. The van der Waals surface area contributed by atoms with Crippen molar-refractivity contribution in [1.29, 1.82) is 0 Å². The highest BCUT2D eigenvalue weighted by Crippen LogP contribution is 2.17. The standard InChI is InChI=1S/C14H19F2N3O2/c1-7(12(20)19-14(2,3)4)18-13(21)9-5-8(15)6-10(17)11(9)16/h5-7H,17H2,1-4H3,(H,18,21)(H,19,20). The Balaban J connectivity index is 2.85. The van der Waals surface area contributed by atoms with Crippen LogP contribution in [0.1, 0.15) is 38.1 Å². The van der Waals surface area contributed by atoms with Crippen LogP contribution in [0.3, 0.4) is 0 Å². The van der Waals surface area contributed by atoms with Crippen LogP contribution in [0.2, 0.25) is 0 Å². The molecular formula is C14H19F2N3O2. The summed E-state index contributed by atoms with van der Waals surface area (Å²) in [6, 6.07) is 0.609. The van der Waals surface area contributed by atoms with Gasteiger partial charge in [-0.1, -0.05) is 0 Å². The van der Waals surface area contributed by atoms with E-state index in [4.69, 9.17) is 5.73 Å². The van der Waals surface area contributed by atoms with Gasteiger partial charge in [-0.3, -0.25) is 9.59 Å². The third-order valence-corrected chi connectivity index (χ3v) is 2.55. The molecule has 0 heterocycles. The molecule has 1 aromatic rings. The van der Waals surface area contributed by atoms with E-state index in [9.17, 15) is 18.4 Å². The van der Waals surface area contributed by atoms with E-state index in [-0.39, 0.29) is 0 Å². The van der Waals surface area contributed by atoms with E-state index < -0.39 is 46.3 Å². The summed E-state index contributed by atoms with van der Waals surface area (Å²) in [6.45, 7) is 6.80. The molecule has 0 aliphatic rings. The first kappa shape index (κ1) is 16.9. The first-order valence-electron chi connectivity index (χ1n) is 6.38. The van der Waals surface area contributed by atoms with Crippen LogP contribution in [-0.4, -0.2) is 23.4 Å². The van der Waals surface area contributed by atoms with Gasteiger partial charge in [-0.15, -0.1) is 0 Å². The van der Waals surface area contributed by atoms with Gasteiger partial charge in [0.15, 0.2) is 5.82 Å². The highest BCUT2D eigenvalue weighted by molar-refractivity contribution is 5.98. The Morgan fingerprint density at radius 1 is 1.24 bits per heavy atom. The van der Waals surface area contributed by atoms with Crippen molar-refractivity contribution < 1.29 is 18.4 Å². The van der Waals surface area contributed by atoms with E-state index in [1.807, 2.05) is 0 Å². The summed E-state index contributed by atoms with van der Waals surface area (Å²) in [7, 11) is 0. The van der Waals surface area contributed by atoms with Gasteiger partial charge in [0.25, 0.3) is 5.91 Å². The van der Waals surface area contributed by atoms with Gasteiger partial charge in [0.1, 0.15) is 11.9 Å². The third kappa shape index (κ3) is 4.70. The Bertz CT molecular complexity index is 568. The van der Waals surface area contributed by atoms with Crippen LogP contribution in [-0.2, 0) is 4.79 Å². The topological polar surface area (TPSA) is 84.2 Å². The lowest BCUT2D eigenvalue weighted by atomic mass is 10.1. The van der Waals surface area contributed by atoms with Crippen LogP contribution < -0.4 is 16.4 Å². The lowest BCUT2D eigenvalue weighted by molar-refractivity contribution is -0.124. The normalized spacial score (nSPS) is 12.7. The lowest BCUT2D eigenvalue weighted by Crippen LogP contribution is -2.50. The number of anilines is 1. The smallest absolute Gasteiger partial charge is 0.255 e. The molecule has 1 atom stereocenters. The predicted octanol–water partition coefficient (Wildman–Crippen LogP) is 1.58. The first-order valence-corrected chi connectivity index (χ1v) is 6.38. The molecule has 0 aliphatic carbocycles. The van der Waals surface area contributed by atoms with Crippen molar-refractivity contribution in [3.63, 3.8) is 0 Å². The molecule has 1 rings (SSSR count). The van der Waals surface area contributed by atoms with Crippen molar-refractivity contribution in [1.82, 2.24) is 10.6 Å². The zero-order chi connectivity index (χ0) is 16.4. The molecule has 0 aromatic heterocycles. The van der Waals surface area contributed by atoms with Crippen LogP contribution in [0, 0.1) is 11.6 Å². The van der Waals surface area contributed by atoms with Crippen LogP contribution >= 0.6 is 0 Å². The molecule has 1 unspecified atom stereocenters. The number of carbonyl (C=O) groups is 2. The number of nitrogen functional groups attached to an aromatic ring is 1. The maximum Gasteiger partial charge on any atom is 0.255 e. The second-order valence-electron chi connectivity index (χ2n) is 5.79. The molecule has 0 radical (unpaired) electrons. The van der Waals surface area contributed by atoms with Gasteiger partial charge in [0.2, 0.25) is 5.91 Å². The number of carbonyl (C=O) groups excluding carboxylic acids is 2. The maximum absolute atomic E-state index is 13.7. The Kier molecular flexibility index (Phi) is 4.88. The fourth-order valence-electron chi connectivity index (χ4n) is 1.59. The maximum atomic E-state index is 13.7. The molecule has 4 N–H and O–H groups in total. The Morgan fingerprint density at radius 2 is 1.81 bits per heavy atom. The molecule has 116 valence electrons. The van der Waals surface area contributed by atoms with Gasteiger partial charge in [-0.25, -0.2) is 8.78 Å². The van der Waals surface area contributed by atoms with E-state index in [0.29, 0.717) is 0 Å². The van der Waals surface area contributed by atoms with Crippen LogP contribution in [0.5, 0.6) is 0 Å². The average molecular weight is 299 g/mol. The fraction of sp³-hybridized carbons (Fsp3) is 0.429. The van der Waals surface area contributed by atoms with Crippen molar-refractivity contribution in [3.05, 3.63) is 29.3 Å². The number of hydrogen-bond donors (Lipinski definition) is 3. The summed E-state index contributed by atoms with van der Waals surface area (Å²) in [5.41, 5.74) is 3.79. The molecule has 7 heteroatoms. The number of benzene rings is 1. The van der Waals surface area contributed by atoms with Crippen molar-refractivity contribution in [2.75, 3.05) is 5.73 Å². The summed E-state index contributed by atoms with van der Waals surface area (Å²) in [4.78, 5) is 23.7. The predicted molar refractivity (Wildman–Crippen MR) is 75.6 cm³/mol. The fourth-order valence-corrected chi connectivity index (χ4v) is 1.59. The minimum Gasteiger partial charge on any atom is -0.396 e. The highest BCUT2D eigenvalue weighted by Gasteiger charge is 2.23. The first-order chi connectivity index (χ1) is 9.51. The van der Waals surface area contributed by atoms with Gasteiger partial charge in [-0.05, 0) is 39.8 Å². The molecule has 0 saturated carbocycles. The molecule has 2 amide bonds. The van der Waals surface area contributed by atoms with Crippen molar-refractivity contribution in [2.24, 2.45) is 0 Å². The number of rotatable bonds is 3. The van der Waals surface area contributed by atoms with Crippen LogP contribution in [0.4, 0.5) is 14.5 Å². The van der Waals surface area contributed by atoms with E-state index >= 15 is 0 Å². The molecule has 21 heavy (non-hydrogen) atoms. The molecule has 1 aromatic carbocycles. The summed E-state index contributed by atoms with van der Waals surface area (Å²) in [5, 5.41) is 4.97. The molecule has 0 aliphatic heterocycles. The quantitative estimate of drug-likeness (QED) is 0.741. The van der Waals surface area contributed by atoms with Gasteiger partial charge >= 0.3 is 0 Å². The van der Waals surface area contributed by atoms with Crippen molar-refractivity contribution >= 4 is 17.5 Å². The van der Waals surface area contributed by atoms with Crippen molar-refractivity contribution in [3.8, 4) is 0 Å². The van der Waals surface area contributed by atoms with Gasteiger partial charge in [0.05, 0.1) is 11.3 Å². The number of nitrogens with one attached hydrogen (secondary N) is 2. The summed E-state index contributed by atoms with van der Waals surface area (Å²) < 4.78 is 26.9. The lowest BCUT2D eigenvalue weighted by Gasteiger charge is -2.23. The van der Waals surface area contributed by atoms with Crippen molar-refractivity contribution in [2.45, 2.75) is 39.3 Å². The minimum atomic E-state index is -1.02. The second kappa shape index (κ2) is 6.07. The van der Waals surface area contributed by atoms with Gasteiger partial charge in [0, 0.05) is 5.54 Å². The van der Waals surface area contributed by atoms with E-state index in [1.165, 1.54) is 6.92 Å². The van der Waals surface area contributed by atoms with Gasteiger partial charge in [-0.2, -0.15) is 0 Å². The van der Waals surface area contributed by atoms with Crippen LogP contribution in [0.25, 0.3) is 0 Å². The Hall–Kier alpha value is -2.18. The number of halogens is 2. The van der Waals surface area contributed by atoms with E-state index in [0.717, 1.165) is 12.1 Å². The molecule has 0 spiro atoms. The Morgan fingerprint density at radius 3 is 2.33 bits per heavy atom. The third-order valence-electron chi connectivity index (χ3n) is 2.55.